The second-order valence-corrected chi connectivity index (χ2v) is 10.5. The minimum atomic E-state index is 0.480. The number of hydrogen-bond acceptors (Lipinski definition) is 2. The van der Waals surface area contributed by atoms with Crippen LogP contribution in [0, 0.1) is 17.8 Å². The summed E-state index contributed by atoms with van der Waals surface area (Å²) < 4.78 is 5.42. The molecular formula is C24H36N3OS+. The van der Waals surface area contributed by atoms with Crippen LogP contribution in [0.15, 0.2) is 24.3 Å². The molecule has 0 unspecified atom stereocenters. The Morgan fingerprint density at radius 2 is 1.62 bits per heavy atom. The van der Waals surface area contributed by atoms with E-state index in [1.165, 1.54) is 45.1 Å². The minimum Gasteiger partial charge on any atom is -0.370 e. The molecule has 1 aromatic carbocycles. The predicted molar refractivity (Wildman–Crippen MR) is 122 cm³/mol. The van der Waals surface area contributed by atoms with Gasteiger partial charge >= 0.3 is 0 Å². The molecule has 29 heavy (non-hydrogen) atoms. The van der Waals surface area contributed by atoms with Crippen molar-refractivity contribution in [2.45, 2.75) is 50.4 Å². The van der Waals surface area contributed by atoms with Crippen LogP contribution in [0.5, 0.6) is 0 Å². The first-order valence-corrected chi connectivity index (χ1v) is 12.2. The number of hydrogen-bond donors (Lipinski definition) is 3. The lowest BCUT2D eigenvalue weighted by Crippen LogP contribution is -3.14. The van der Waals surface area contributed by atoms with Gasteiger partial charge in [0.2, 0.25) is 0 Å². The van der Waals surface area contributed by atoms with Crippen molar-refractivity contribution >= 4 is 23.0 Å². The van der Waals surface area contributed by atoms with Crippen molar-refractivity contribution in [1.29, 1.82) is 0 Å². The Hall–Kier alpha value is -1.17. The molecule has 5 heteroatoms. The van der Waals surface area contributed by atoms with E-state index in [0.717, 1.165) is 67.8 Å². The minimum absolute atomic E-state index is 0.480. The molecule has 5 fully saturated rings. The van der Waals surface area contributed by atoms with Crippen LogP contribution in [-0.4, -0.2) is 44.5 Å². The van der Waals surface area contributed by atoms with E-state index < -0.39 is 0 Å². The predicted octanol–water partition coefficient (Wildman–Crippen LogP) is 2.75. The molecule has 3 N–H and O–H groups in total. The fourth-order valence-electron chi connectivity index (χ4n) is 7.00. The number of nitrogens with one attached hydrogen (secondary N) is 3. The van der Waals surface area contributed by atoms with Gasteiger partial charge in [-0.15, -0.1) is 0 Å². The van der Waals surface area contributed by atoms with Gasteiger partial charge in [-0.3, -0.25) is 0 Å². The molecule has 4 aliphatic carbocycles. The molecule has 4 nitrogen and oxygen atoms in total. The quantitative estimate of drug-likeness (QED) is 0.494. The first-order valence-electron chi connectivity index (χ1n) is 11.8. The molecule has 1 aromatic rings. The molecule has 1 aliphatic heterocycles. The molecule has 0 radical (unpaired) electrons. The van der Waals surface area contributed by atoms with Gasteiger partial charge in [0.05, 0.1) is 19.8 Å². The number of rotatable bonds is 6. The van der Waals surface area contributed by atoms with Crippen LogP contribution >= 0.6 is 12.2 Å². The summed E-state index contributed by atoms with van der Waals surface area (Å²) in [6.07, 6.45) is 9.94. The molecule has 0 aromatic heterocycles. The zero-order chi connectivity index (χ0) is 19.7. The number of quaternary nitrogens is 1. The Kier molecular flexibility index (Phi) is 5.81. The Balaban J connectivity index is 1.10. The number of thiocarbonyl (C=S) groups is 1. The third kappa shape index (κ3) is 4.47. The van der Waals surface area contributed by atoms with E-state index >= 15 is 0 Å². The summed E-state index contributed by atoms with van der Waals surface area (Å²) in [4.78, 5) is 1.65. The molecule has 1 saturated heterocycles. The maximum atomic E-state index is 5.51. The van der Waals surface area contributed by atoms with Crippen LogP contribution in [0.3, 0.4) is 0 Å². The largest absolute Gasteiger partial charge is 0.370 e. The topological polar surface area (TPSA) is 37.7 Å². The third-order valence-electron chi connectivity index (χ3n) is 7.99. The van der Waals surface area contributed by atoms with Crippen molar-refractivity contribution in [3.8, 4) is 0 Å². The van der Waals surface area contributed by atoms with Crippen molar-refractivity contribution in [1.82, 2.24) is 5.32 Å². The first kappa shape index (κ1) is 19.8. The summed E-state index contributed by atoms with van der Waals surface area (Å²) in [6, 6.07) is 9.22. The molecule has 0 atom stereocenters. The highest BCUT2D eigenvalue weighted by molar-refractivity contribution is 7.80. The van der Waals surface area contributed by atoms with Crippen LogP contribution in [0.1, 0.15) is 50.5 Å². The van der Waals surface area contributed by atoms with Crippen LogP contribution in [-0.2, 0) is 10.2 Å². The Morgan fingerprint density at radius 1 is 1.00 bits per heavy atom. The fourth-order valence-corrected chi connectivity index (χ4v) is 7.22. The van der Waals surface area contributed by atoms with Gasteiger partial charge in [-0.2, -0.15) is 0 Å². The van der Waals surface area contributed by atoms with Gasteiger partial charge in [0, 0.05) is 18.7 Å². The fraction of sp³-hybridized carbons (Fsp3) is 0.708. The lowest BCUT2D eigenvalue weighted by Gasteiger charge is -2.57. The smallest absolute Gasteiger partial charge is 0.170 e. The maximum Gasteiger partial charge on any atom is 0.170 e. The molecule has 0 amide bonds. The number of benzene rings is 1. The highest BCUT2D eigenvalue weighted by Gasteiger charge is 2.51. The zero-order valence-electron chi connectivity index (χ0n) is 17.6. The second-order valence-electron chi connectivity index (χ2n) is 10.1. The number of morpholine rings is 1. The van der Waals surface area contributed by atoms with Crippen LogP contribution in [0.4, 0.5) is 5.69 Å². The Bertz CT molecular complexity index is 678. The summed E-state index contributed by atoms with van der Waals surface area (Å²) in [6.45, 7) is 6.21. The van der Waals surface area contributed by atoms with Gasteiger partial charge in [0.25, 0.3) is 0 Å². The number of anilines is 1. The maximum absolute atomic E-state index is 5.51. The van der Waals surface area contributed by atoms with Gasteiger partial charge in [0.1, 0.15) is 13.1 Å². The van der Waals surface area contributed by atoms with E-state index in [2.05, 4.69) is 34.9 Å². The Labute approximate surface area is 180 Å². The van der Waals surface area contributed by atoms with Crippen LogP contribution in [0.25, 0.3) is 0 Å². The molecule has 4 saturated carbocycles. The van der Waals surface area contributed by atoms with Crippen molar-refractivity contribution < 1.29 is 9.64 Å². The number of ether oxygens (including phenoxy) is 1. The summed E-state index contributed by atoms with van der Waals surface area (Å²) in [5.74, 6) is 2.99. The monoisotopic (exact) mass is 414 g/mol. The second kappa shape index (κ2) is 8.52. The van der Waals surface area contributed by atoms with Crippen molar-refractivity contribution in [2.75, 3.05) is 44.7 Å². The highest BCUT2D eigenvalue weighted by atomic mass is 32.1. The van der Waals surface area contributed by atoms with E-state index in [0.29, 0.717) is 5.41 Å². The standard InChI is InChI=1S/C24H35N3OS/c29-23(25-6-1-7-27-8-10-28-11-9-27)26-22-4-2-21(3-5-22)24-15-18-12-19(16-24)14-20(13-18)17-24/h2-5,18-20H,1,6-17H2,(H2,25,26,29)/p+1. The van der Waals surface area contributed by atoms with E-state index in [1.807, 2.05) is 0 Å². The van der Waals surface area contributed by atoms with Gasteiger partial charge in [-0.25, -0.2) is 0 Å². The summed E-state index contributed by atoms with van der Waals surface area (Å²) >= 11 is 5.51. The third-order valence-corrected chi connectivity index (χ3v) is 8.23. The average Bonchev–Trinajstić information content (AvgIpc) is 2.71. The van der Waals surface area contributed by atoms with Gasteiger partial charge in [0.15, 0.2) is 5.11 Å². The first-order chi connectivity index (χ1) is 14.2. The normalized spacial score (nSPS) is 33.6. The summed E-state index contributed by atoms with van der Waals surface area (Å²) in [7, 11) is 0. The van der Waals surface area contributed by atoms with Crippen molar-refractivity contribution in [3.05, 3.63) is 29.8 Å². The van der Waals surface area contributed by atoms with Crippen LogP contribution in [0.2, 0.25) is 0 Å². The lowest BCUT2D eigenvalue weighted by atomic mass is 9.48. The average molecular weight is 415 g/mol. The summed E-state index contributed by atoms with van der Waals surface area (Å²) in [5, 5.41) is 7.48. The molecule has 4 bridgehead atoms. The van der Waals surface area contributed by atoms with Gasteiger partial charge < -0.3 is 20.3 Å². The van der Waals surface area contributed by atoms with Crippen molar-refractivity contribution in [2.24, 2.45) is 17.8 Å². The van der Waals surface area contributed by atoms with E-state index in [9.17, 15) is 0 Å². The lowest BCUT2D eigenvalue weighted by molar-refractivity contribution is -0.908. The van der Waals surface area contributed by atoms with E-state index in [1.54, 1.807) is 10.5 Å². The SMILES string of the molecule is S=C(NCCC[NH+]1CCOCC1)Nc1ccc(C23CC4CC(CC(C4)C2)C3)cc1. The Morgan fingerprint density at radius 3 is 2.24 bits per heavy atom. The molecule has 1 heterocycles. The van der Waals surface area contributed by atoms with Crippen molar-refractivity contribution in [3.63, 3.8) is 0 Å². The molecule has 5 aliphatic rings. The van der Waals surface area contributed by atoms with Gasteiger partial charge in [-0.05, 0) is 91.6 Å². The highest BCUT2D eigenvalue weighted by Crippen LogP contribution is 2.60. The zero-order valence-corrected chi connectivity index (χ0v) is 18.4. The van der Waals surface area contributed by atoms with E-state index in [4.69, 9.17) is 17.0 Å². The molecule has 0 spiro atoms. The summed E-state index contributed by atoms with van der Waals surface area (Å²) in [5.41, 5.74) is 3.16. The molecule has 6 rings (SSSR count). The molecule has 158 valence electrons. The van der Waals surface area contributed by atoms with Crippen LogP contribution < -0.4 is 15.5 Å². The molecular weight excluding hydrogens is 378 g/mol. The van der Waals surface area contributed by atoms with E-state index in [-0.39, 0.29) is 0 Å². The van der Waals surface area contributed by atoms with Gasteiger partial charge in [-0.1, -0.05) is 12.1 Å².